The van der Waals surface area contributed by atoms with Crippen LogP contribution in [0, 0.1) is 10.1 Å². The molecule has 2 rings (SSSR count). The minimum absolute atomic E-state index is 0.00234. The Bertz CT molecular complexity index is 906. The van der Waals surface area contributed by atoms with Crippen LogP contribution in [0.15, 0.2) is 41.3 Å². The highest BCUT2D eigenvalue weighted by Gasteiger charge is 2.16. The van der Waals surface area contributed by atoms with E-state index in [2.05, 4.69) is 10.0 Å². The summed E-state index contributed by atoms with van der Waals surface area (Å²) in [7, 11) is -3.78. The Balaban J connectivity index is 1.99. The van der Waals surface area contributed by atoms with Crippen LogP contribution in [0.5, 0.6) is 0 Å². The summed E-state index contributed by atoms with van der Waals surface area (Å²) in [6, 6.07) is 8.11. The van der Waals surface area contributed by atoms with Crippen LogP contribution < -0.4 is 10.0 Å². The molecule has 134 valence electrons. The van der Waals surface area contributed by atoms with Crippen LogP contribution in [0.4, 0.5) is 11.4 Å². The molecule has 0 spiro atoms. The first-order valence-electron chi connectivity index (χ1n) is 6.83. The number of sulfonamides is 1. The highest BCUT2D eigenvalue weighted by atomic mass is 35.5. The van der Waals surface area contributed by atoms with Gasteiger partial charge in [-0.25, -0.2) is 13.1 Å². The van der Waals surface area contributed by atoms with Crippen molar-refractivity contribution in [3.05, 3.63) is 61.6 Å². The van der Waals surface area contributed by atoms with E-state index in [1.165, 1.54) is 36.4 Å². The molecule has 0 unspecified atom stereocenters. The van der Waals surface area contributed by atoms with Gasteiger partial charge in [0.2, 0.25) is 10.0 Å². The summed E-state index contributed by atoms with van der Waals surface area (Å²) in [6.07, 6.45) is 0. The van der Waals surface area contributed by atoms with E-state index in [1.54, 1.807) is 0 Å². The number of anilines is 1. The van der Waals surface area contributed by atoms with E-state index in [0.717, 1.165) is 0 Å². The minimum atomic E-state index is -3.78. The third-order valence-electron chi connectivity index (χ3n) is 3.09. The van der Waals surface area contributed by atoms with Crippen LogP contribution in [0.25, 0.3) is 0 Å². The Labute approximate surface area is 159 Å². The molecule has 25 heavy (non-hydrogen) atoms. The van der Waals surface area contributed by atoms with Gasteiger partial charge in [0.25, 0.3) is 5.69 Å². The van der Waals surface area contributed by atoms with Crippen molar-refractivity contribution in [1.29, 1.82) is 0 Å². The van der Waals surface area contributed by atoms with Crippen molar-refractivity contribution in [2.75, 3.05) is 18.4 Å². The third-order valence-corrected chi connectivity index (χ3v) is 5.52. The van der Waals surface area contributed by atoms with Gasteiger partial charge in [-0.05, 0) is 30.3 Å². The average molecular weight is 425 g/mol. The number of hydrogen-bond donors (Lipinski definition) is 2. The second kappa shape index (κ2) is 8.20. The van der Waals surface area contributed by atoms with E-state index >= 15 is 0 Å². The Morgan fingerprint density at radius 3 is 2.36 bits per heavy atom. The van der Waals surface area contributed by atoms with E-state index in [0.29, 0.717) is 0 Å². The summed E-state index contributed by atoms with van der Waals surface area (Å²) in [5.41, 5.74) is 0.0444. The van der Waals surface area contributed by atoms with Crippen molar-refractivity contribution >= 4 is 56.2 Å². The van der Waals surface area contributed by atoms with Crippen molar-refractivity contribution < 1.29 is 13.3 Å². The largest absolute Gasteiger partial charge is 0.378 e. The minimum Gasteiger partial charge on any atom is -0.378 e. The normalized spacial score (nSPS) is 11.3. The van der Waals surface area contributed by atoms with Crippen LogP contribution in [0.2, 0.25) is 15.1 Å². The van der Waals surface area contributed by atoms with Crippen LogP contribution >= 0.6 is 34.8 Å². The van der Waals surface area contributed by atoms with Gasteiger partial charge in [-0.2, -0.15) is 0 Å². The van der Waals surface area contributed by atoms with Crippen molar-refractivity contribution in [1.82, 2.24) is 4.72 Å². The molecule has 0 aliphatic heterocycles. The van der Waals surface area contributed by atoms with E-state index in [1.807, 2.05) is 0 Å². The summed E-state index contributed by atoms with van der Waals surface area (Å²) in [5.74, 6) is 0. The second-order valence-corrected chi connectivity index (χ2v) is 7.84. The molecule has 0 aliphatic carbocycles. The van der Waals surface area contributed by atoms with Gasteiger partial charge in [-0.3, -0.25) is 10.1 Å². The first kappa shape index (κ1) is 19.7. The molecule has 0 saturated heterocycles. The smallest absolute Gasteiger partial charge is 0.293 e. The number of nitrogens with zero attached hydrogens (tertiary/aromatic N) is 1. The lowest BCUT2D eigenvalue weighted by Gasteiger charge is -2.10. The fourth-order valence-corrected chi connectivity index (χ4v) is 3.50. The molecule has 0 bridgehead atoms. The van der Waals surface area contributed by atoms with Crippen LogP contribution in [0.3, 0.4) is 0 Å². The molecule has 2 aromatic rings. The van der Waals surface area contributed by atoms with Crippen molar-refractivity contribution in [3.63, 3.8) is 0 Å². The monoisotopic (exact) mass is 423 g/mol. The fraction of sp³-hybridized carbons (Fsp3) is 0.143. The highest BCUT2D eigenvalue weighted by molar-refractivity contribution is 7.89. The van der Waals surface area contributed by atoms with Crippen LogP contribution in [-0.2, 0) is 10.0 Å². The van der Waals surface area contributed by atoms with E-state index < -0.39 is 14.9 Å². The maximum absolute atomic E-state index is 12.2. The van der Waals surface area contributed by atoms with E-state index in [4.69, 9.17) is 34.8 Å². The molecule has 0 saturated carbocycles. The lowest BCUT2D eigenvalue weighted by molar-refractivity contribution is -0.383. The number of benzene rings is 2. The fourth-order valence-electron chi connectivity index (χ4n) is 1.92. The van der Waals surface area contributed by atoms with Crippen LogP contribution in [-0.4, -0.2) is 26.4 Å². The quantitative estimate of drug-likeness (QED) is 0.398. The van der Waals surface area contributed by atoms with Gasteiger partial charge in [0.05, 0.1) is 19.9 Å². The predicted molar refractivity (Wildman–Crippen MR) is 98.2 cm³/mol. The van der Waals surface area contributed by atoms with Crippen molar-refractivity contribution in [2.45, 2.75) is 4.90 Å². The molecule has 0 aliphatic rings. The lowest BCUT2D eigenvalue weighted by atomic mass is 10.2. The van der Waals surface area contributed by atoms with Gasteiger partial charge in [-0.1, -0.05) is 34.8 Å². The van der Waals surface area contributed by atoms with Crippen LogP contribution in [0.1, 0.15) is 0 Å². The first-order valence-corrected chi connectivity index (χ1v) is 9.45. The molecule has 7 nitrogen and oxygen atoms in total. The molecule has 0 radical (unpaired) electrons. The Hall–Kier alpha value is -1.58. The van der Waals surface area contributed by atoms with Gasteiger partial charge >= 0.3 is 0 Å². The Kier molecular flexibility index (Phi) is 6.47. The van der Waals surface area contributed by atoms with Gasteiger partial charge in [0.1, 0.15) is 5.69 Å². The zero-order valence-corrected chi connectivity index (χ0v) is 15.6. The standard InChI is InChI=1S/C14H12Cl3N3O4S/c15-9-1-4-13(14(7-9)20(21)22)18-5-6-19-25(23,24)10-2-3-11(16)12(17)8-10/h1-4,7-8,18-19H,5-6H2. The number of hydrogen-bond acceptors (Lipinski definition) is 5. The molecule has 2 aromatic carbocycles. The summed E-state index contributed by atoms with van der Waals surface area (Å²) < 4.78 is 26.7. The maximum Gasteiger partial charge on any atom is 0.293 e. The molecule has 0 fully saturated rings. The Morgan fingerprint density at radius 1 is 1.00 bits per heavy atom. The van der Waals surface area contributed by atoms with E-state index in [9.17, 15) is 18.5 Å². The molecule has 0 atom stereocenters. The molecular formula is C14H12Cl3N3O4S. The molecular weight excluding hydrogens is 413 g/mol. The van der Waals surface area contributed by atoms with Gasteiger partial charge < -0.3 is 5.32 Å². The summed E-state index contributed by atoms with van der Waals surface area (Å²) in [5, 5.41) is 14.4. The SMILES string of the molecule is O=[N+]([O-])c1cc(Cl)ccc1NCCNS(=O)(=O)c1ccc(Cl)c(Cl)c1. The number of nitro benzene ring substituents is 1. The van der Waals surface area contributed by atoms with E-state index in [-0.39, 0.29) is 44.4 Å². The van der Waals surface area contributed by atoms with Gasteiger partial charge in [0, 0.05) is 24.2 Å². The third kappa shape index (κ3) is 5.20. The van der Waals surface area contributed by atoms with Crippen molar-refractivity contribution in [2.24, 2.45) is 0 Å². The zero-order chi connectivity index (χ0) is 18.6. The number of nitro groups is 1. The summed E-state index contributed by atoms with van der Waals surface area (Å²) in [4.78, 5) is 10.4. The summed E-state index contributed by atoms with van der Waals surface area (Å²) >= 11 is 17.3. The molecule has 0 amide bonds. The Morgan fingerprint density at radius 2 is 1.72 bits per heavy atom. The highest BCUT2D eigenvalue weighted by Crippen LogP contribution is 2.27. The molecule has 11 heteroatoms. The average Bonchev–Trinajstić information content (AvgIpc) is 2.55. The summed E-state index contributed by atoms with van der Waals surface area (Å²) in [6.45, 7) is 0.130. The van der Waals surface area contributed by atoms with Gasteiger partial charge in [0.15, 0.2) is 0 Å². The topological polar surface area (TPSA) is 101 Å². The number of nitrogens with one attached hydrogen (secondary N) is 2. The molecule has 0 aromatic heterocycles. The lowest BCUT2D eigenvalue weighted by Crippen LogP contribution is -2.29. The number of rotatable bonds is 7. The zero-order valence-electron chi connectivity index (χ0n) is 12.5. The first-order chi connectivity index (χ1) is 11.7. The molecule has 2 N–H and O–H groups in total. The van der Waals surface area contributed by atoms with Gasteiger partial charge in [-0.15, -0.1) is 0 Å². The molecule has 0 heterocycles. The predicted octanol–water partition coefficient (Wildman–Crippen LogP) is 3.95. The number of halogens is 3. The van der Waals surface area contributed by atoms with Crippen molar-refractivity contribution in [3.8, 4) is 0 Å². The second-order valence-electron chi connectivity index (χ2n) is 4.82. The maximum atomic E-state index is 12.2.